The van der Waals surface area contributed by atoms with Crippen LogP contribution >= 0.6 is 0 Å². The summed E-state index contributed by atoms with van der Waals surface area (Å²) in [6, 6.07) is 13.0. The number of nitrogens with zero attached hydrogens (tertiary/aromatic N) is 2. The van der Waals surface area contributed by atoms with E-state index in [2.05, 4.69) is 20.2 Å². The minimum absolute atomic E-state index is 0.00529. The van der Waals surface area contributed by atoms with E-state index in [1.165, 1.54) is 12.1 Å². The Labute approximate surface area is 185 Å². The normalized spacial score (nSPS) is 16.9. The molecule has 0 saturated carbocycles. The first kappa shape index (κ1) is 22.3. The number of fused-ring (bicyclic) bond motifs is 1. The highest BCUT2D eigenvalue weighted by Gasteiger charge is 2.30. The topological polar surface area (TPSA) is 61.0 Å². The van der Waals surface area contributed by atoms with Gasteiger partial charge in [-0.2, -0.15) is 13.2 Å². The van der Waals surface area contributed by atoms with Crippen molar-refractivity contribution in [3.63, 3.8) is 0 Å². The lowest BCUT2D eigenvalue weighted by Crippen LogP contribution is -2.36. The van der Waals surface area contributed by atoms with Crippen LogP contribution in [-0.4, -0.2) is 33.9 Å². The molecule has 0 unspecified atom stereocenters. The van der Waals surface area contributed by atoms with Crippen molar-refractivity contribution in [3.8, 4) is 0 Å². The van der Waals surface area contributed by atoms with Crippen LogP contribution in [0.1, 0.15) is 49.2 Å². The maximum absolute atomic E-state index is 12.9. The largest absolute Gasteiger partial charge is 0.416 e. The van der Waals surface area contributed by atoms with Gasteiger partial charge in [0.2, 0.25) is 5.91 Å². The number of aromatic amines is 1. The minimum atomic E-state index is -4.32. The number of amides is 1. The maximum Gasteiger partial charge on any atom is 0.416 e. The smallest absolute Gasteiger partial charge is 0.346 e. The monoisotopic (exact) mass is 444 g/mol. The molecule has 1 fully saturated rings. The van der Waals surface area contributed by atoms with Crippen molar-refractivity contribution in [2.75, 3.05) is 13.1 Å². The number of H-pyrrole nitrogens is 1. The lowest BCUT2D eigenvalue weighted by Gasteiger charge is -2.32. The molecule has 1 aliphatic heterocycles. The summed E-state index contributed by atoms with van der Waals surface area (Å²) in [5.41, 5.74) is 1.87. The molecule has 4 rings (SSSR count). The van der Waals surface area contributed by atoms with E-state index in [-0.39, 0.29) is 17.9 Å². The summed E-state index contributed by atoms with van der Waals surface area (Å²) in [5, 5.41) is 3.02. The summed E-state index contributed by atoms with van der Waals surface area (Å²) in [4.78, 5) is 22.5. The summed E-state index contributed by atoms with van der Waals surface area (Å²) < 4.78 is 38.7. The fourth-order valence-electron chi connectivity index (χ4n) is 4.26. The van der Waals surface area contributed by atoms with Crippen molar-refractivity contribution in [2.45, 2.75) is 44.9 Å². The number of aromatic nitrogens is 2. The average molecular weight is 445 g/mol. The summed E-state index contributed by atoms with van der Waals surface area (Å²) >= 11 is 0. The van der Waals surface area contributed by atoms with Crippen LogP contribution in [0.5, 0.6) is 0 Å². The van der Waals surface area contributed by atoms with E-state index in [0.29, 0.717) is 18.5 Å². The standard InChI is InChI=1S/C24H27F3N4O/c1-16(23-29-20-7-2-3-8-21(20)30-23)28-22(32)14-17-9-11-31(12-10-17)15-18-5-4-6-19(13-18)24(25,26)27/h2-8,13,16-17H,9-12,14-15H2,1H3,(H,28,32)(H,29,30)/t16-/m0/s1. The summed E-state index contributed by atoms with van der Waals surface area (Å²) in [6.45, 7) is 3.94. The highest BCUT2D eigenvalue weighted by molar-refractivity contribution is 5.77. The van der Waals surface area contributed by atoms with Gasteiger partial charge in [-0.15, -0.1) is 0 Å². The van der Waals surface area contributed by atoms with Crippen LogP contribution < -0.4 is 5.32 Å². The van der Waals surface area contributed by atoms with Crippen molar-refractivity contribution < 1.29 is 18.0 Å². The molecule has 2 aromatic carbocycles. The predicted molar refractivity (Wildman–Crippen MR) is 117 cm³/mol. The van der Waals surface area contributed by atoms with Gasteiger partial charge >= 0.3 is 6.18 Å². The lowest BCUT2D eigenvalue weighted by molar-refractivity contribution is -0.137. The molecule has 1 aromatic heterocycles. The molecule has 0 bridgehead atoms. The number of hydrogen-bond donors (Lipinski definition) is 2. The van der Waals surface area contributed by atoms with Crippen molar-refractivity contribution in [1.29, 1.82) is 0 Å². The number of imidazole rings is 1. The van der Waals surface area contributed by atoms with Gasteiger partial charge in [0, 0.05) is 13.0 Å². The van der Waals surface area contributed by atoms with E-state index in [4.69, 9.17) is 0 Å². The molecule has 0 spiro atoms. The molecule has 3 aromatic rings. The second kappa shape index (κ2) is 9.32. The molecule has 2 N–H and O–H groups in total. The van der Waals surface area contributed by atoms with E-state index in [1.807, 2.05) is 31.2 Å². The van der Waals surface area contributed by atoms with E-state index in [1.54, 1.807) is 6.07 Å². The molecule has 2 heterocycles. The van der Waals surface area contributed by atoms with Crippen LogP contribution in [0.4, 0.5) is 13.2 Å². The van der Waals surface area contributed by atoms with Crippen LogP contribution in [0, 0.1) is 5.92 Å². The molecule has 1 aliphatic rings. The zero-order valence-corrected chi connectivity index (χ0v) is 18.0. The predicted octanol–water partition coefficient (Wildman–Crippen LogP) is 5.06. The van der Waals surface area contributed by atoms with Crippen LogP contribution in [0.25, 0.3) is 11.0 Å². The number of nitrogens with one attached hydrogen (secondary N) is 2. The summed E-state index contributed by atoms with van der Waals surface area (Å²) in [5.74, 6) is 1.00. The third kappa shape index (κ3) is 5.48. The van der Waals surface area contributed by atoms with Gasteiger partial charge in [-0.1, -0.05) is 30.3 Å². The zero-order valence-electron chi connectivity index (χ0n) is 18.0. The second-order valence-electron chi connectivity index (χ2n) is 8.55. The van der Waals surface area contributed by atoms with Gasteiger partial charge < -0.3 is 10.3 Å². The number of piperidine rings is 1. The quantitative estimate of drug-likeness (QED) is 0.559. The third-order valence-corrected chi connectivity index (χ3v) is 6.04. The Hall–Kier alpha value is -2.87. The number of carbonyl (C=O) groups excluding carboxylic acids is 1. The molecule has 8 heteroatoms. The SMILES string of the molecule is C[C@H](NC(=O)CC1CCN(Cc2cccc(C(F)(F)F)c2)CC1)c1nc2ccccc2[nH]1. The Morgan fingerprint density at radius 3 is 2.66 bits per heavy atom. The molecular formula is C24H27F3N4O. The molecule has 1 amide bonds. The Morgan fingerprint density at radius 2 is 1.94 bits per heavy atom. The first-order valence-electron chi connectivity index (χ1n) is 10.9. The van der Waals surface area contributed by atoms with Gasteiger partial charge in [-0.3, -0.25) is 9.69 Å². The van der Waals surface area contributed by atoms with Crippen molar-refractivity contribution >= 4 is 16.9 Å². The van der Waals surface area contributed by atoms with Crippen LogP contribution in [0.15, 0.2) is 48.5 Å². The van der Waals surface area contributed by atoms with E-state index < -0.39 is 11.7 Å². The lowest BCUT2D eigenvalue weighted by atomic mass is 9.92. The molecular weight excluding hydrogens is 417 g/mol. The van der Waals surface area contributed by atoms with Crippen LogP contribution in [0.3, 0.4) is 0 Å². The van der Waals surface area contributed by atoms with Crippen molar-refractivity contribution in [2.24, 2.45) is 5.92 Å². The highest BCUT2D eigenvalue weighted by atomic mass is 19.4. The van der Waals surface area contributed by atoms with Gasteiger partial charge in [-0.05, 0) is 62.5 Å². The first-order chi connectivity index (χ1) is 15.3. The molecule has 0 aliphatic carbocycles. The highest BCUT2D eigenvalue weighted by Crippen LogP contribution is 2.30. The number of para-hydroxylation sites is 2. The van der Waals surface area contributed by atoms with Crippen molar-refractivity contribution in [3.05, 3.63) is 65.5 Å². The Morgan fingerprint density at radius 1 is 1.19 bits per heavy atom. The summed E-state index contributed by atoms with van der Waals surface area (Å²) in [6.07, 6.45) is -2.17. The maximum atomic E-state index is 12.9. The van der Waals surface area contributed by atoms with Crippen LogP contribution in [-0.2, 0) is 17.5 Å². The van der Waals surface area contributed by atoms with Crippen LogP contribution in [0.2, 0.25) is 0 Å². The van der Waals surface area contributed by atoms with Gasteiger partial charge in [0.25, 0.3) is 0 Å². The molecule has 170 valence electrons. The fraction of sp³-hybridized carbons (Fsp3) is 0.417. The number of hydrogen-bond acceptors (Lipinski definition) is 3. The Kier molecular flexibility index (Phi) is 6.50. The Balaban J connectivity index is 1.24. The summed E-state index contributed by atoms with van der Waals surface area (Å²) in [7, 11) is 0. The van der Waals surface area contributed by atoms with Gasteiger partial charge in [0.15, 0.2) is 0 Å². The number of carbonyl (C=O) groups is 1. The number of likely N-dealkylation sites (tertiary alicyclic amines) is 1. The van der Waals surface area contributed by atoms with Crippen molar-refractivity contribution in [1.82, 2.24) is 20.2 Å². The molecule has 1 saturated heterocycles. The average Bonchev–Trinajstić information content (AvgIpc) is 3.19. The number of halogens is 3. The molecule has 32 heavy (non-hydrogen) atoms. The van der Waals surface area contributed by atoms with E-state index >= 15 is 0 Å². The van der Waals surface area contributed by atoms with E-state index in [0.717, 1.165) is 48.9 Å². The number of benzene rings is 2. The molecule has 5 nitrogen and oxygen atoms in total. The third-order valence-electron chi connectivity index (χ3n) is 6.04. The molecule has 0 radical (unpaired) electrons. The fourth-order valence-corrected chi connectivity index (χ4v) is 4.26. The van der Waals surface area contributed by atoms with Gasteiger partial charge in [-0.25, -0.2) is 4.98 Å². The number of alkyl halides is 3. The minimum Gasteiger partial charge on any atom is -0.346 e. The van der Waals surface area contributed by atoms with E-state index in [9.17, 15) is 18.0 Å². The Bertz CT molecular complexity index is 1040. The number of rotatable bonds is 6. The first-order valence-corrected chi connectivity index (χ1v) is 10.9. The zero-order chi connectivity index (χ0) is 22.7. The molecule has 1 atom stereocenters. The van der Waals surface area contributed by atoms with Gasteiger partial charge in [0.05, 0.1) is 22.6 Å². The van der Waals surface area contributed by atoms with Gasteiger partial charge in [0.1, 0.15) is 5.82 Å². The second-order valence-corrected chi connectivity index (χ2v) is 8.55.